The summed E-state index contributed by atoms with van der Waals surface area (Å²) in [5, 5.41) is 12.6. The molecule has 1 amide bonds. The lowest BCUT2D eigenvalue weighted by Gasteiger charge is -2.26. The first-order valence-corrected chi connectivity index (χ1v) is 11.2. The Kier molecular flexibility index (Phi) is 4.97. The van der Waals surface area contributed by atoms with Crippen LogP contribution in [-0.2, 0) is 17.6 Å². The number of carbonyl (C=O) groups excluding carboxylic acids is 1. The summed E-state index contributed by atoms with van der Waals surface area (Å²) in [6, 6.07) is 3.92. The number of aryl methyl sites for hydroxylation is 1. The maximum atomic E-state index is 12.7. The average molecular weight is 437 g/mol. The number of anilines is 2. The number of nitrogens with zero attached hydrogens (tertiary/aromatic N) is 4. The van der Waals surface area contributed by atoms with Crippen molar-refractivity contribution in [3.8, 4) is 5.75 Å². The van der Waals surface area contributed by atoms with Gasteiger partial charge in [0.15, 0.2) is 0 Å². The fourth-order valence-electron chi connectivity index (χ4n) is 4.25. The Morgan fingerprint density at radius 3 is 3.06 bits per heavy atom. The third kappa shape index (κ3) is 3.38. The molecule has 9 heteroatoms. The molecular weight excluding hydrogens is 412 g/mol. The fraction of sp³-hybridized carbons (Fsp3) is 0.364. The number of ether oxygens (including phenoxy) is 1. The van der Waals surface area contributed by atoms with Gasteiger partial charge in [0.1, 0.15) is 22.7 Å². The highest BCUT2D eigenvalue weighted by Crippen LogP contribution is 2.41. The normalized spacial score (nSPS) is 15.8. The third-order valence-corrected chi connectivity index (χ3v) is 7.22. The number of carbonyl (C=O) groups is 1. The van der Waals surface area contributed by atoms with E-state index in [4.69, 9.17) is 4.74 Å². The van der Waals surface area contributed by atoms with Gasteiger partial charge < -0.3 is 15.0 Å². The van der Waals surface area contributed by atoms with Crippen molar-refractivity contribution in [2.24, 2.45) is 5.92 Å². The van der Waals surface area contributed by atoms with Gasteiger partial charge in [-0.2, -0.15) is 5.10 Å². The molecule has 160 valence electrons. The topological polar surface area (TPSA) is 96.0 Å². The van der Waals surface area contributed by atoms with Crippen molar-refractivity contribution in [2.45, 2.75) is 26.2 Å². The molecule has 1 unspecified atom stereocenters. The summed E-state index contributed by atoms with van der Waals surface area (Å²) in [4.78, 5) is 25.8. The highest BCUT2D eigenvalue weighted by molar-refractivity contribution is 7.19. The lowest BCUT2D eigenvalue weighted by Crippen LogP contribution is -2.35. The van der Waals surface area contributed by atoms with E-state index < -0.39 is 0 Å². The number of thiophene rings is 1. The lowest BCUT2D eigenvalue weighted by atomic mass is 9.87. The van der Waals surface area contributed by atoms with Crippen LogP contribution in [0.1, 0.15) is 23.8 Å². The number of nitrogens with one attached hydrogen (secondary N) is 2. The summed E-state index contributed by atoms with van der Waals surface area (Å²) < 4.78 is 5.58. The van der Waals surface area contributed by atoms with Gasteiger partial charge in [0, 0.05) is 35.8 Å². The van der Waals surface area contributed by atoms with Gasteiger partial charge in [0.2, 0.25) is 5.91 Å². The summed E-state index contributed by atoms with van der Waals surface area (Å²) >= 11 is 1.67. The number of rotatable bonds is 5. The van der Waals surface area contributed by atoms with Crippen molar-refractivity contribution >= 4 is 49.9 Å². The minimum Gasteiger partial charge on any atom is -0.494 e. The number of H-pyrrole nitrogens is 1. The Morgan fingerprint density at radius 2 is 2.26 bits per heavy atom. The summed E-state index contributed by atoms with van der Waals surface area (Å²) in [5.74, 6) is 1.74. The molecule has 0 fully saturated rings. The van der Waals surface area contributed by atoms with Crippen molar-refractivity contribution in [1.29, 1.82) is 0 Å². The minimum absolute atomic E-state index is 0.0403. The molecule has 8 nitrogen and oxygen atoms in total. The second kappa shape index (κ2) is 7.81. The van der Waals surface area contributed by atoms with Crippen molar-refractivity contribution in [3.63, 3.8) is 0 Å². The van der Waals surface area contributed by atoms with E-state index in [2.05, 4.69) is 25.5 Å². The number of aromatic amines is 1. The van der Waals surface area contributed by atoms with Crippen LogP contribution in [0.4, 0.5) is 11.5 Å². The molecule has 3 heterocycles. The largest absolute Gasteiger partial charge is 0.494 e. The number of methoxy groups -OCH3 is 1. The van der Waals surface area contributed by atoms with E-state index in [0.717, 1.165) is 58.4 Å². The first kappa shape index (κ1) is 19.7. The number of aromatic nitrogens is 4. The number of hydrogen-bond acceptors (Lipinski definition) is 7. The second-order valence-electron chi connectivity index (χ2n) is 7.83. The van der Waals surface area contributed by atoms with Crippen LogP contribution in [0.2, 0.25) is 0 Å². The predicted molar refractivity (Wildman–Crippen MR) is 122 cm³/mol. The fourth-order valence-corrected chi connectivity index (χ4v) is 5.52. The quantitative estimate of drug-likeness (QED) is 0.493. The number of hydrogen-bond donors (Lipinski definition) is 2. The highest BCUT2D eigenvalue weighted by Gasteiger charge is 2.30. The Labute approximate surface area is 183 Å². The number of benzene rings is 1. The highest BCUT2D eigenvalue weighted by atomic mass is 32.1. The van der Waals surface area contributed by atoms with Crippen molar-refractivity contribution < 1.29 is 9.53 Å². The maximum Gasteiger partial charge on any atom is 0.225 e. The molecule has 0 saturated carbocycles. The smallest absolute Gasteiger partial charge is 0.225 e. The SMILES string of the molecule is CCN(C)C(=O)C1CCc2c(sc3ncnc(Nc4cc5cn[nH]c5cc4OC)c23)C1. The van der Waals surface area contributed by atoms with Gasteiger partial charge >= 0.3 is 0 Å². The molecule has 3 aromatic heterocycles. The van der Waals surface area contributed by atoms with E-state index >= 15 is 0 Å². The molecule has 1 aliphatic carbocycles. The van der Waals surface area contributed by atoms with Crippen LogP contribution in [-0.4, -0.2) is 51.7 Å². The van der Waals surface area contributed by atoms with Crippen LogP contribution in [0.15, 0.2) is 24.7 Å². The molecule has 0 spiro atoms. The summed E-state index contributed by atoms with van der Waals surface area (Å²) in [6.07, 6.45) is 5.84. The predicted octanol–water partition coefficient (Wildman–Crippen LogP) is 3.90. The first-order chi connectivity index (χ1) is 15.1. The summed E-state index contributed by atoms with van der Waals surface area (Å²) in [7, 11) is 3.52. The minimum atomic E-state index is 0.0403. The molecular formula is C22H24N6O2S. The number of amides is 1. The van der Waals surface area contributed by atoms with Crippen LogP contribution >= 0.6 is 11.3 Å². The molecule has 0 aliphatic heterocycles. The summed E-state index contributed by atoms with van der Waals surface area (Å²) in [6.45, 7) is 2.74. The zero-order valence-corrected chi connectivity index (χ0v) is 18.5. The van der Waals surface area contributed by atoms with E-state index in [1.54, 1.807) is 31.0 Å². The maximum absolute atomic E-state index is 12.7. The van der Waals surface area contributed by atoms with Gasteiger partial charge in [-0.25, -0.2) is 9.97 Å². The van der Waals surface area contributed by atoms with Gasteiger partial charge in [-0.3, -0.25) is 9.89 Å². The molecule has 0 bridgehead atoms. The van der Waals surface area contributed by atoms with E-state index in [1.165, 1.54) is 10.4 Å². The molecule has 4 aromatic rings. The van der Waals surface area contributed by atoms with E-state index in [-0.39, 0.29) is 11.8 Å². The Morgan fingerprint density at radius 1 is 1.39 bits per heavy atom. The van der Waals surface area contributed by atoms with Crippen molar-refractivity contribution in [2.75, 3.05) is 26.0 Å². The van der Waals surface area contributed by atoms with Gasteiger partial charge in [0.25, 0.3) is 0 Å². The van der Waals surface area contributed by atoms with Crippen molar-refractivity contribution in [3.05, 3.63) is 35.1 Å². The van der Waals surface area contributed by atoms with E-state index in [9.17, 15) is 4.79 Å². The van der Waals surface area contributed by atoms with Gasteiger partial charge in [-0.1, -0.05) is 0 Å². The summed E-state index contributed by atoms with van der Waals surface area (Å²) in [5.41, 5.74) is 3.00. The Bertz CT molecular complexity index is 1280. The molecule has 1 atom stereocenters. The Hall–Kier alpha value is -3.20. The van der Waals surface area contributed by atoms with Crippen LogP contribution in [0, 0.1) is 5.92 Å². The molecule has 5 rings (SSSR count). The zero-order chi connectivity index (χ0) is 21.5. The van der Waals surface area contributed by atoms with E-state index in [0.29, 0.717) is 5.75 Å². The second-order valence-corrected chi connectivity index (χ2v) is 8.92. The van der Waals surface area contributed by atoms with Gasteiger partial charge in [-0.05, 0) is 37.8 Å². The lowest BCUT2D eigenvalue weighted by molar-refractivity contribution is -0.134. The molecule has 2 N–H and O–H groups in total. The Balaban J connectivity index is 1.52. The van der Waals surface area contributed by atoms with Crippen molar-refractivity contribution in [1.82, 2.24) is 25.1 Å². The first-order valence-electron chi connectivity index (χ1n) is 10.4. The van der Waals surface area contributed by atoms with Crippen LogP contribution in [0.5, 0.6) is 5.75 Å². The zero-order valence-electron chi connectivity index (χ0n) is 17.7. The molecule has 1 aromatic carbocycles. The standard InChI is InChI=1S/C22H24N6O2S/c1-4-28(2)22(29)12-5-6-14-18(8-12)31-21-19(14)20(23-11-24-21)26-16-7-13-10-25-27-15(13)9-17(16)30-3/h7,9-12H,4-6,8H2,1-3H3,(H,25,27)(H,23,24,26). The molecule has 1 aliphatic rings. The average Bonchev–Trinajstić information content (AvgIpc) is 3.40. The third-order valence-electron chi connectivity index (χ3n) is 6.06. The van der Waals surface area contributed by atoms with Crippen LogP contribution in [0.3, 0.4) is 0 Å². The number of fused-ring (bicyclic) bond motifs is 4. The van der Waals surface area contributed by atoms with E-state index in [1.807, 2.05) is 31.0 Å². The van der Waals surface area contributed by atoms with Gasteiger partial charge in [-0.15, -0.1) is 11.3 Å². The molecule has 0 saturated heterocycles. The van der Waals surface area contributed by atoms with Crippen LogP contribution < -0.4 is 10.1 Å². The molecule has 31 heavy (non-hydrogen) atoms. The van der Waals surface area contributed by atoms with Gasteiger partial charge in [0.05, 0.1) is 29.9 Å². The van der Waals surface area contributed by atoms with Crippen LogP contribution in [0.25, 0.3) is 21.1 Å². The monoisotopic (exact) mass is 436 g/mol. The molecule has 0 radical (unpaired) electrons.